The molecule has 0 amide bonds. The van der Waals surface area contributed by atoms with Gasteiger partial charge in [-0.25, -0.2) is 4.39 Å². The van der Waals surface area contributed by atoms with E-state index in [2.05, 4.69) is 10.6 Å². The molecule has 98 valence electrons. The van der Waals surface area contributed by atoms with Gasteiger partial charge in [0.05, 0.1) is 0 Å². The predicted molar refractivity (Wildman–Crippen MR) is 82.7 cm³/mol. The van der Waals surface area contributed by atoms with Crippen molar-refractivity contribution in [1.82, 2.24) is 0 Å². The summed E-state index contributed by atoms with van der Waals surface area (Å²) in [5.74, 6) is -0.300. The quantitative estimate of drug-likeness (QED) is 0.768. The van der Waals surface area contributed by atoms with Crippen LogP contribution in [0.2, 0.25) is 10.0 Å². The molecule has 0 aliphatic heterocycles. The summed E-state index contributed by atoms with van der Waals surface area (Å²) in [5, 5.41) is 7.26. The lowest BCUT2D eigenvalue weighted by atomic mass is 10.3. The molecule has 0 unspecified atom stereocenters. The highest BCUT2D eigenvalue weighted by molar-refractivity contribution is 7.80. The topological polar surface area (TPSA) is 24.1 Å². The summed E-state index contributed by atoms with van der Waals surface area (Å²) < 4.78 is 12.8. The smallest absolute Gasteiger partial charge is 0.175 e. The van der Waals surface area contributed by atoms with Gasteiger partial charge < -0.3 is 10.6 Å². The molecule has 0 atom stereocenters. The van der Waals surface area contributed by atoms with Crippen molar-refractivity contribution in [2.75, 3.05) is 10.6 Å². The van der Waals surface area contributed by atoms with E-state index in [4.69, 9.17) is 35.4 Å². The van der Waals surface area contributed by atoms with Gasteiger partial charge in [-0.1, -0.05) is 23.2 Å². The van der Waals surface area contributed by atoms with Crippen LogP contribution in [0, 0.1) is 5.82 Å². The summed E-state index contributed by atoms with van der Waals surface area (Å²) in [6.45, 7) is 0. The van der Waals surface area contributed by atoms with E-state index in [1.165, 1.54) is 12.1 Å². The second-order valence-electron chi connectivity index (χ2n) is 3.74. The molecule has 0 radical (unpaired) electrons. The molecule has 0 saturated carbocycles. The Morgan fingerprint density at radius 2 is 1.42 bits per heavy atom. The lowest BCUT2D eigenvalue weighted by Gasteiger charge is -2.11. The number of hydrogen-bond donors (Lipinski definition) is 2. The van der Waals surface area contributed by atoms with Gasteiger partial charge in [0, 0.05) is 21.4 Å². The summed E-state index contributed by atoms with van der Waals surface area (Å²) in [6, 6.07) is 10.9. The molecule has 0 saturated heterocycles. The van der Waals surface area contributed by atoms with E-state index in [-0.39, 0.29) is 5.82 Å². The third kappa shape index (κ3) is 4.35. The van der Waals surface area contributed by atoms with Gasteiger partial charge in [0.25, 0.3) is 0 Å². The first-order valence-corrected chi connectivity index (χ1v) is 6.49. The predicted octanol–water partition coefficient (Wildman–Crippen LogP) is 4.94. The fourth-order valence-electron chi connectivity index (χ4n) is 1.45. The average molecular weight is 315 g/mol. The highest BCUT2D eigenvalue weighted by Crippen LogP contribution is 2.22. The van der Waals surface area contributed by atoms with Crippen molar-refractivity contribution in [1.29, 1.82) is 0 Å². The molecule has 19 heavy (non-hydrogen) atoms. The molecule has 0 aromatic heterocycles. The Hall–Kier alpha value is -1.36. The fourth-order valence-corrected chi connectivity index (χ4v) is 2.21. The van der Waals surface area contributed by atoms with E-state index in [1.54, 1.807) is 30.3 Å². The molecule has 2 aromatic carbocycles. The van der Waals surface area contributed by atoms with E-state index in [0.29, 0.717) is 26.5 Å². The van der Waals surface area contributed by atoms with Crippen LogP contribution in [0.1, 0.15) is 0 Å². The Morgan fingerprint density at radius 1 is 0.895 bits per heavy atom. The van der Waals surface area contributed by atoms with Crippen LogP contribution in [0.3, 0.4) is 0 Å². The molecule has 0 fully saturated rings. The molecule has 2 aromatic rings. The minimum absolute atomic E-state index is 0.300. The summed E-state index contributed by atoms with van der Waals surface area (Å²) in [6.07, 6.45) is 0. The summed E-state index contributed by atoms with van der Waals surface area (Å²) in [4.78, 5) is 0. The number of hydrogen-bond acceptors (Lipinski definition) is 1. The first-order valence-electron chi connectivity index (χ1n) is 5.32. The highest BCUT2D eigenvalue weighted by atomic mass is 35.5. The van der Waals surface area contributed by atoms with Gasteiger partial charge in [-0.3, -0.25) is 0 Å². The maximum atomic E-state index is 12.8. The Morgan fingerprint density at radius 3 is 2.00 bits per heavy atom. The number of anilines is 2. The SMILES string of the molecule is Fc1ccc(NC(=S)Nc2cc(Cl)cc(Cl)c2)cc1. The summed E-state index contributed by atoms with van der Waals surface area (Å²) >= 11 is 16.9. The molecule has 2 N–H and O–H groups in total. The monoisotopic (exact) mass is 314 g/mol. The maximum Gasteiger partial charge on any atom is 0.175 e. The van der Waals surface area contributed by atoms with Crippen molar-refractivity contribution in [3.63, 3.8) is 0 Å². The lowest BCUT2D eigenvalue weighted by Crippen LogP contribution is -2.18. The molecule has 0 heterocycles. The summed E-state index contributed by atoms with van der Waals surface area (Å²) in [5.41, 5.74) is 1.36. The Bertz CT molecular complexity index is 582. The van der Waals surface area contributed by atoms with Gasteiger partial charge in [0.15, 0.2) is 5.11 Å². The van der Waals surface area contributed by atoms with Crippen molar-refractivity contribution >= 4 is 51.9 Å². The molecule has 2 rings (SSSR count). The molecule has 0 aliphatic carbocycles. The first kappa shape index (κ1) is 14.1. The van der Waals surface area contributed by atoms with Gasteiger partial charge in [0.2, 0.25) is 0 Å². The normalized spacial score (nSPS) is 10.1. The minimum Gasteiger partial charge on any atom is -0.332 e. The molecule has 0 bridgehead atoms. The minimum atomic E-state index is -0.300. The van der Waals surface area contributed by atoms with Gasteiger partial charge in [-0.05, 0) is 54.7 Å². The van der Waals surface area contributed by atoms with Crippen LogP contribution in [0.15, 0.2) is 42.5 Å². The number of halogens is 3. The zero-order valence-electron chi connectivity index (χ0n) is 9.58. The van der Waals surface area contributed by atoms with Crippen molar-refractivity contribution in [2.24, 2.45) is 0 Å². The first-order chi connectivity index (χ1) is 9.02. The Balaban J connectivity index is 2.03. The largest absolute Gasteiger partial charge is 0.332 e. The second-order valence-corrected chi connectivity index (χ2v) is 5.03. The highest BCUT2D eigenvalue weighted by Gasteiger charge is 2.02. The zero-order chi connectivity index (χ0) is 13.8. The maximum absolute atomic E-state index is 12.8. The van der Waals surface area contributed by atoms with Crippen LogP contribution in [-0.2, 0) is 0 Å². The molecule has 0 aliphatic rings. The van der Waals surface area contributed by atoms with Crippen molar-refractivity contribution in [3.05, 3.63) is 58.3 Å². The van der Waals surface area contributed by atoms with E-state index in [1.807, 2.05) is 0 Å². The molecule has 6 heteroatoms. The van der Waals surface area contributed by atoms with Crippen LogP contribution in [0.25, 0.3) is 0 Å². The third-order valence-corrected chi connectivity index (χ3v) is 2.86. The second kappa shape index (κ2) is 6.19. The number of nitrogens with one attached hydrogen (secondary N) is 2. The van der Waals surface area contributed by atoms with E-state index in [0.717, 1.165) is 0 Å². The van der Waals surface area contributed by atoms with Crippen molar-refractivity contribution in [2.45, 2.75) is 0 Å². The van der Waals surface area contributed by atoms with Crippen LogP contribution in [-0.4, -0.2) is 5.11 Å². The third-order valence-electron chi connectivity index (χ3n) is 2.22. The zero-order valence-corrected chi connectivity index (χ0v) is 11.9. The summed E-state index contributed by atoms with van der Waals surface area (Å²) in [7, 11) is 0. The standard InChI is InChI=1S/C13H9Cl2FN2S/c14-8-5-9(15)7-12(6-8)18-13(19)17-11-3-1-10(16)2-4-11/h1-7H,(H2,17,18,19). The molecular formula is C13H9Cl2FN2S. The lowest BCUT2D eigenvalue weighted by molar-refractivity contribution is 0.628. The van der Waals surface area contributed by atoms with Gasteiger partial charge >= 0.3 is 0 Å². The molecular weight excluding hydrogens is 306 g/mol. The van der Waals surface area contributed by atoms with Gasteiger partial charge in [-0.15, -0.1) is 0 Å². The number of benzene rings is 2. The van der Waals surface area contributed by atoms with Crippen molar-refractivity contribution in [3.8, 4) is 0 Å². The Kier molecular flexibility index (Phi) is 4.58. The van der Waals surface area contributed by atoms with E-state index in [9.17, 15) is 4.39 Å². The van der Waals surface area contributed by atoms with E-state index < -0.39 is 0 Å². The fraction of sp³-hybridized carbons (Fsp3) is 0. The average Bonchev–Trinajstić information content (AvgIpc) is 2.30. The Labute approximate surface area is 125 Å². The van der Waals surface area contributed by atoms with E-state index >= 15 is 0 Å². The van der Waals surface area contributed by atoms with Crippen LogP contribution in [0.5, 0.6) is 0 Å². The van der Waals surface area contributed by atoms with Gasteiger partial charge in [-0.2, -0.15) is 0 Å². The molecule has 0 spiro atoms. The number of rotatable bonds is 2. The molecule has 2 nitrogen and oxygen atoms in total. The van der Waals surface area contributed by atoms with Crippen molar-refractivity contribution < 1.29 is 4.39 Å². The van der Waals surface area contributed by atoms with Crippen LogP contribution in [0.4, 0.5) is 15.8 Å². The number of thiocarbonyl (C=S) groups is 1. The van der Waals surface area contributed by atoms with Crippen LogP contribution >= 0.6 is 35.4 Å². The van der Waals surface area contributed by atoms with Gasteiger partial charge in [0.1, 0.15) is 5.82 Å². The van der Waals surface area contributed by atoms with Crippen LogP contribution < -0.4 is 10.6 Å².